The van der Waals surface area contributed by atoms with Gasteiger partial charge < -0.3 is 14.0 Å². The molecule has 1 aromatic carbocycles. The lowest BCUT2D eigenvalue weighted by Gasteiger charge is -2.41. The molecular formula is C23H29N3O4. The first kappa shape index (κ1) is 20.6. The van der Waals surface area contributed by atoms with Crippen molar-refractivity contribution in [2.45, 2.75) is 38.6 Å². The Morgan fingerprint density at radius 3 is 2.83 bits per heavy atom. The number of carbonyl (C=O) groups is 2. The third-order valence-electron chi connectivity index (χ3n) is 6.05. The van der Waals surface area contributed by atoms with Gasteiger partial charge in [0.25, 0.3) is 0 Å². The van der Waals surface area contributed by atoms with Gasteiger partial charge in [-0.25, -0.2) is 4.98 Å². The Hall–Kier alpha value is -2.67. The van der Waals surface area contributed by atoms with Crippen molar-refractivity contribution in [3.63, 3.8) is 0 Å². The number of allylic oxidation sites excluding steroid dienone is 2. The number of esters is 1. The SMILES string of the molecule is CCOC(=O)[C@@H]1C(=O)N(CCCOC)c2nc3ccccc3n2[C@H]1[C@@H]1CC=CCC1. The molecule has 0 saturated carbocycles. The third-order valence-corrected chi connectivity index (χ3v) is 6.05. The molecular weight excluding hydrogens is 382 g/mol. The monoisotopic (exact) mass is 411 g/mol. The molecule has 4 rings (SSSR count). The van der Waals surface area contributed by atoms with Gasteiger partial charge in [-0.15, -0.1) is 0 Å². The topological polar surface area (TPSA) is 73.7 Å². The number of rotatable bonds is 7. The molecule has 0 N–H and O–H groups in total. The predicted octanol–water partition coefficient (Wildman–Crippen LogP) is 3.50. The van der Waals surface area contributed by atoms with Crippen molar-refractivity contribution in [2.75, 3.05) is 31.8 Å². The molecule has 30 heavy (non-hydrogen) atoms. The van der Waals surface area contributed by atoms with Crippen molar-refractivity contribution < 1.29 is 19.1 Å². The summed E-state index contributed by atoms with van der Waals surface area (Å²) in [5.74, 6) is -0.730. The average Bonchev–Trinajstić information content (AvgIpc) is 3.14. The number of anilines is 1. The van der Waals surface area contributed by atoms with Gasteiger partial charge in [0.05, 0.1) is 23.7 Å². The van der Waals surface area contributed by atoms with Gasteiger partial charge in [0.2, 0.25) is 11.9 Å². The number of aromatic nitrogens is 2. The third kappa shape index (κ3) is 3.62. The molecule has 1 aliphatic carbocycles. The van der Waals surface area contributed by atoms with Gasteiger partial charge in [-0.1, -0.05) is 24.3 Å². The first-order chi connectivity index (χ1) is 14.7. The molecule has 0 radical (unpaired) electrons. The van der Waals surface area contributed by atoms with E-state index in [0.29, 0.717) is 25.5 Å². The number of amides is 1. The van der Waals surface area contributed by atoms with Crippen molar-refractivity contribution in [3.05, 3.63) is 36.4 Å². The molecule has 0 fully saturated rings. The van der Waals surface area contributed by atoms with Crippen LogP contribution in [0.2, 0.25) is 0 Å². The highest BCUT2D eigenvalue weighted by atomic mass is 16.5. The molecule has 0 saturated heterocycles. The maximum absolute atomic E-state index is 13.6. The molecule has 3 atom stereocenters. The summed E-state index contributed by atoms with van der Waals surface area (Å²) < 4.78 is 12.7. The van der Waals surface area contributed by atoms with Crippen LogP contribution in [0.25, 0.3) is 11.0 Å². The van der Waals surface area contributed by atoms with Crippen molar-refractivity contribution in [3.8, 4) is 0 Å². The molecule has 7 nitrogen and oxygen atoms in total. The lowest BCUT2D eigenvalue weighted by Crippen LogP contribution is -2.52. The number of para-hydroxylation sites is 2. The van der Waals surface area contributed by atoms with Crippen LogP contribution in [-0.4, -0.2) is 48.3 Å². The summed E-state index contributed by atoms with van der Waals surface area (Å²) in [6, 6.07) is 7.58. The fourth-order valence-electron chi connectivity index (χ4n) is 4.74. The number of nitrogens with zero attached hydrogens (tertiary/aromatic N) is 3. The second-order valence-electron chi connectivity index (χ2n) is 7.87. The Balaban J connectivity index is 1.86. The number of fused-ring (bicyclic) bond motifs is 3. The van der Waals surface area contributed by atoms with Gasteiger partial charge in [0.1, 0.15) is 0 Å². The van der Waals surface area contributed by atoms with Crippen LogP contribution >= 0.6 is 0 Å². The van der Waals surface area contributed by atoms with E-state index in [4.69, 9.17) is 14.5 Å². The minimum Gasteiger partial charge on any atom is -0.465 e. The number of imidazole rings is 1. The number of ether oxygens (including phenoxy) is 2. The van der Waals surface area contributed by atoms with E-state index in [1.165, 1.54) is 0 Å². The Labute approximate surface area is 176 Å². The predicted molar refractivity (Wildman–Crippen MR) is 114 cm³/mol. The van der Waals surface area contributed by atoms with Gasteiger partial charge in [-0.3, -0.25) is 14.5 Å². The Morgan fingerprint density at radius 2 is 2.10 bits per heavy atom. The van der Waals surface area contributed by atoms with Gasteiger partial charge >= 0.3 is 5.97 Å². The van der Waals surface area contributed by atoms with Crippen LogP contribution in [-0.2, 0) is 19.1 Å². The number of benzene rings is 1. The van der Waals surface area contributed by atoms with Crippen LogP contribution in [0, 0.1) is 11.8 Å². The number of carbonyl (C=O) groups excluding carboxylic acids is 2. The van der Waals surface area contributed by atoms with Crippen LogP contribution in [0.3, 0.4) is 0 Å². The van der Waals surface area contributed by atoms with Crippen molar-refractivity contribution in [1.82, 2.24) is 9.55 Å². The Kier molecular flexibility index (Phi) is 6.18. The fraction of sp³-hybridized carbons (Fsp3) is 0.522. The first-order valence-corrected chi connectivity index (χ1v) is 10.8. The molecule has 1 amide bonds. The zero-order valence-corrected chi connectivity index (χ0v) is 17.6. The van der Waals surface area contributed by atoms with Crippen LogP contribution < -0.4 is 4.90 Å². The summed E-state index contributed by atoms with van der Waals surface area (Å²) in [6.07, 6.45) is 7.71. The van der Waals surface area contributed by atoms with Crippen molar-refractivity contribution in [1.29, 1.82) is 0 Å². The summed E-state index contributed by atoms with van der Waals surface area (Å²) >= 11 is 0. The summed E-state index contributed by atoms with van der Waals surface area (Å²) in [6.45, 7) is 3.01. The molecule has 2 aromatic rings. The molecule has 7 heteroatoms. The lowest BCUT2D eigenvalue weighted by molar-refractivity contribution is -0.155. The zero-order valence-electron chi connectivity index (χ0n) is 17.6. The summed E-state index contributed by atoms with van der Waals surface area (Å²) in [5.41, 5.74) is 1.78. The summed E-state index contributed by atoms with van der Waals surface area (Å²) in [4.78, 5) is 33.2. The average molecular weight is 412 g/mol. The van der Waals surface area contributed by atoms with E-state index in [-0.39, 0.29) is 24.5 Å². The van der Waals surface area contributed by atoms with Gasteiger partial charge in [0, 0.05) is 20.3 Å². The van der Waals surface area contributed by atoms with E-state index >= 15 is 0 Å². The van der Waals surface area contributed by atoms with Crippen LogP contribution in [0.15, 0.2) is 36.4 Å². The zero-order chi connectivity index (χ0) is 21.1. The van der Waals surface area contributed by atoms with E-state index in [9.17, 15) is 9.59 Å². The standard InChI is InChI=1S/C23H29N3O4/c1-3-30-22(28)19-20(16-10-5-4-6-11-16)26-18-13-8-7-12-17(18)24-23(26)25(21(19)27)14-9-15-29-2/h4-5,7-8,12-13,16,19-20H,3,6,9-11,14-15H2,1-2H3/t16-,19+,20+/m1/s1. The van der Waals surface area contributed by atoms with E-state index < -0.39 is 11.9 Å². The quantitative estimate of drug-likeness (QED) is 0.302. The maximum Gasteiger partial charge on any atom is 0.320 e. The molecule has 1 aliphatic heterocycles. The highest BCUT2D eigenvalue weighted by Crippen LogP contribution is 2.44. The number of methoxy groups -OCH3 is 1. The molecule has 1 aromatic heterocycles. The Bertz CT molecular complexity index is 951. The summed E-state index contributed by atoms with van der Waals surface area (Å²) in [7, 11) is 1.64. The van der Waals surface area contributed by atoms with E-state index in [0.717, 1.165) is 30.3 Å². The molecule has 0 spiro atoms. The fourth-order valence-corrected chi connectivity index (χ4v) is 4.74. The second-order valence-corrected chi connectivity index (χ2v) is 7.87. The summed E-state index contributed by atoms with van der Waals surface area (Å²) in [5, 5.41) is 0. The molecule has 2 aliphatic rings. The largest absolute Gasteiger partial charge is 0.465 e. The molecule has 0 unspecified atom stereocenters. The van der Waals surface area contributed by atoms with Gasteiger partial charge in [0.15, 0.2) is 5.92 Å². The number of hydrogen-bond donors (Lipinski definition) is 0. The van der Waals surface area contributed by atoms with E-state index in [1.807, 2.05) is 24.3 Å². The molecule has 160 valence electrons. The van der Waals surface area contributed by atoms with Crippen LogP contribution in [0.5, 0.6) is 0 Å². The minimum absolute atomic E-state index is 0.172. The number of hydrogen-bond acceptors (Lipinski definition) is 5. The second kappa shape index (κ2) is 9.00. The van der Waals surface area contributed by atoms with Gasteiger partial charge in [-0.2, -0.15) is 0 Å². The Morgan fingerprint density at radius 1 is 1.27 bits per heavy atom. The van der Waals surface area contributed by atoms with Crippen LogP contribution in [0.1, 0.15) is 38.6 Å². The highest BCUT2D eigenvalue weighted by molar-refractivity contribution is 6.08. The van der Waals surface area contributed by atoms with E-state index in [2.05, 4.69) is 16.7 Å². The van der Waals surface area contributed by atoms with Crippen molar-refractivity contribution >= 4 is 28.9 Å². The first-order valence-electron chi connectivity index (χ1n) is 10.8. The molecule has 0 bridgehead atoms. The van der Waals surface area contributed by atoms with Crippen LogP contribution in [0.4, 0.5) is 5.95 Å². The minimum atomic E-state index is -0.867. The smallest absolute Gasteiger partial charge is 0.320 e. The molecule has 2 heterocycles. The highest BCUT2D eigenvalue weighted by Gasteiger charge is 2.49. The van der Waals surface area contributed by atoms with E-state index in [1.54, 1.807) is 18.9 Å². The van der Waals surface area contributed by atoms with Crippen molar-refractivity contribution in [2.24, 2.45) is 11.8 Å². The van der Waals surface area contributed by atoms with Gasteiger partial charge in [-0.05, 0) is 50.7 Å². The maximum atomic E-state index is 13.6. The lowest BCUT2D eigenvalue weighted by atomic mass is 9.79. The normalized spacial score (nSPS) is 23.6.